The molecule has 0 aliphatic heterocycles. The number of halogens is 1. The lowest BCUT2D eigenvalue weighted by Gasteiger charge is -2.23. The largest absolute Gasteiger partial charge is 0.467 e. The first kappa shape index (κ1) is 18.5. The Morgan fingerprint density at radius 3 is 2.71 bits per heavy atom. The van der Waals surface area contributed by atoms with Crippen LogP contribution < -0.4 is 4.72 Å². The van der Waals surface area contributed by atoms with E-state index in [9.17, 15) is 13.2 Å². The van der Waals surface area contributed by atoms with Crippen molar-refractivity contribution in [3.8, 4) is 0 Å². The highest BCUT2D eigenvalue weighted by molar-refractivity contribution is 7.89. The molecule has 0 aliphatic rings. The predicted octanol–water partition coefficient (Wildman–Crippen LogP) is 2.82. The Morgan fingerprint density at radius 2 is 2.08 bits per heavy atom. The van der Waals surface area contributed by atoms with E-state index in [4.69, 9.17) is 16.0 Å². The standard InChI is InChI=1S/C16H19ClN2O4S/c1-12(15-7-4-10-23-15)19(2)16(20)8-9-18-24(21,22)14-6-3-5-13(17)11-14/h3-7,10-12,18H,8-9H2,1-2H3. The van der Waals surface area contributed by atoms with Gasteiger partial charge in [-0.3, -0.25) is 4.79 Å². The summed E-state index contributed by atoms with van der Waals surface area (Å²) >= 11 is 5.80. The second-order valence-corrected chi connectivity index (χ2v) is 7.50. The highest BCUT2D eigenvalue weighted by atomic mass is 35.5. The summed E-state index contributed by atoms with van der Waals surface area (Å²) in [5, 5.41) is 0.334. The normalized spacial score (nSPS) is 12.8. The van der Waals surface area contributed by atoms with E-state index in [1.54, 1.807) is 37.6 Å². The number of nitrogens with one attached hydrogen (secondary N) is 1. The lowest BCUT2D eigenvalue weighted by Crippen LogP contribution is -2.33. The lowest BCUT2D eigenvalue weighted by molar-refractivity contribution is -0.131. The van der Waals surface area contributed by atoms with Crippen LogP contribution in [0.5, 0.6) is 0 Å². The van der Waals surface area contributed by atoms with Crippen LogP contribution in [0.3, 0.4) is 0 Å². The van der Waals surface area contributed by atoms with Crippen molar-refractivity contribution in [2.45, 2.75) is 24.3 Å². The van der Waals surface area contributed by atoms with Crippen LogP contribution in [-0.4, -0.2) is 32.8 Å². The van der Waals surface area contributed by atoms with Crippen molar-refractivity contribution in [1.29, 1.82) is 0 Å². The van der Waals surface area contributed by atoms with Gasteiger partial charge in [0.05, 0.1) is 17.2 Å². The molecule has 130 valence electrons. The molecule has 1 atom stereocenters. The number of hydrogen-bond donors (Lipinski definition) is 1. The van der Waals surface area contributed by atoms with E-state index in [0.29, 0.717) is 10.8 Å². The van der Waals surface area contributed by atoms with Crippen molar-refractivity contribution in [1.82, 2.24) is 9.62 Å². The number of nitrogens with zero attached hydrogens (tertiary/aromatic N) is 1. The molecule has 6 nitrogen and oxygen atoms in total. The topological polar surface area (TPSA) is 79.6 Å². The Balaban J connectivity index is 1.90. The Labute approximate surface area is 146 Å². The number of furan rings is 1. The minimum absolute atomic E-state index is 0.00287. The van der Waals surface area contributed by atoms with Crippen molar-refractivity contribution in [2.24, 2.45) is 0 Å². The maximum Gasteiger partial charge on any atom is 0.240 e. The number of rotatable bonds is 7. The van der Waals surface area contributed by atoms with Gasteiger partial charge in [0.15, 0.2) is 0 Å². The van der Waals surface area contributed by atoms with E-state index in [1.165, 1.54) is 17.0 Å². The average molecular weight is 371 g/mol. The molecule has 1 heterocycles. The molecule has 1 amide bonds. The summed E-state index contributed by atoms with van der Waals surface area (Å²) in [5.74, 6) is 0.484. The van der Waals surface area contributed by atoms with Gasteiger partial charge in [-0.15, -0.1) is 0 Å². The quantitative estimate of drug-likeness (QED) is 0.812. The maximum atomic E-state index is 12.2. The number of carbonyl (C=O) groups excluding carboxylic acids is 1. The van der Waals surface area contributed by atoms with Crippen molar-refractivity contribution in [3.05, 3.63) is 53.4 Å². The summed E-state index contributed by atoms with van der Waals surface area (Å²) in [7, 11) is -2.04. The number of hydrogen-bond acceptors (Lipinski definition) is 4. The van der Waals surface area contributed by atoms with E-state index >= 15 is 0 Å². The first-order chi connectivity index (χ1) is 11.3. The third-order valence-electron chi connectivity index (χ3n) is 3.67. The fourth-order valence-corrected chi connectivity index (χ4v) is 3.45. The predicted molar refractivity (Wildman–Crippen MR) is 91.2 cm³/mol. The van der Waals surface area contributed by atoms with Crippen molar-refractivity contribution in [3.63, 3.8) is 0 Å². The fourth-order valence-electron chi connectivity index (χ4n) is 2.12. The zero-order chi connectivity index (χ0) is 17.7. The molecular formula is C16H19ClN2O4S. The Hall–Kier alpha value is -1.83. The van der Waals surface area contributed by atoms with Crippen LogP contribution in [-0.2, 0) is 14.8 Å². The highest BCUT2D eigenvalue weighted by Crippen LogP contribution is 2.19. The Morgan fingerprint density at radius 1 is 1.33 bits per heavy atom. The molecule has 0 radical (unpaired) electrons. The summed E-state index contributed by atoms with van der Waals surface area (Å²) in [4.78, 5) is 13.8. The van der Waals surface area contributed by atoms with E-state index in [0.717, 1.165) is 0 Å². The molecule has 1 aromatic carbocycles. The van der Waals surface area contributed by atoms with Crippen LogP contribution >= 0.6 is 11.6 Å². The minimum atomic E-state index is -3.69. The van der Waals surface area contributed by atoms with E-state index in [2.05, 4.69) is 4.72 Å². The smallest absolute Gasteiger partial charge is 0.240 e. The molecule has 0 fully saturated rings. The molecule has 2 rings (SSSR count). The molecule has 0 saturated carbocycles. The summed E-state index contributed by atoms with van der Waals surface area (Å²) in [6.45, 7) is 1.84. The van der Waals surface area contributed by atoms with Gasteiger partial charge in [-0.1, -0.05) is 17.7 Å². The lowest BCUT2D eigenvalue weighted by atomic mass is 10.2. The van der Waals surface area contributed by atoms with E-state index < -0.39 is 10.0 Å². The molecule has 1 unspecified atom stereocenters. The molecule has 1 aromatic heterocycles. The molecule has 0 saturated heterocycles. The number of benzene rings is 1. The first-order valence-corrected chi connectivity index (χ1v) is 9.21. The summed E-state index contributed by atoms with van der Waals surface area (Å²) in [6, 6.07) is 9.27. The number of amides is 1. The van der Waals surface area contributed by atoms with Gasteiger partial charge in [0, 0.05) is 25.0 Å². The molecule has 8 heteroatoms. The van der Waals surface area contributed by atoms with Crippen LogP contribution in [0.4, 0.5) is 0 Å². The van der Waals surface area contributed by atoms with Gasteiger partial charge in [-0.25, -0.2) is 13.1 Å². The van der Waals surface area contributed by atoms with Gasteiger partial charge in [-0.2, -0.15) is 0 Å². The Bertz CT molecular complexity index is 790. The van der Waals surface area contributed by atoms with Crippen molar-refractivity contribution < 1.29 is 17.6 Å². The molecular weight excluding hydrogens is 352 g/mol. The molecule has 1 N–H and O–H groups in total. The summed E-state index contributed by atoms with van der Waals surface area (Å²) in [6.07, 6.45) is 1.59. The summed E-state index contributed by atoms with van der Waals surface area (Å²) < 4.78 is 32.0. The van der Waals surface area contributed by atoms with Gasteiger partial charge >= 0.3 is 0 Å². The number of carbonyl (C=O) groups is 1. The van der Waals surface area contributed by atoms with Crippen molar-refractivity contribution in [2.75, 3.05) is 13.6 Å². The van der Waals surface area contributed by atoms with E-state index in [-0.39, 0.29) is 29.8 Å². The van der Waals surface area contributed by atoms with Crippen molar-refractivity contribution >= 4 is 27.5 Å². The van der Waals surface area contributed by atoms with Crippen LogP contribution in [0.2, 0.25) is 5.02 Å². The molecule has 2 aromatic rings. The average Bonchev–Trinajstić information content (AvgIpc) is 3.07. The van der Waals surface area contributed by atoms with Crippen LogP contribution in [0.1, 0.15) is 25.1 Å². The monoisotopic (exact) mass is 370 g/mol. The van der Waals surface area contributed by atoms with Crippen LogP contribution in [0.15, 0.2) is 52.0 Å². The Kier molecular flexibility index (Phi) is 6.04. The molecule has 0 bridgehead atoms. The fraction of sp³-hybridized carbons (Fsp3) is 0.312. The van der Waals surface area contributed by atoms with E-state index in [1.807, 2.05) is 6.92 Å². The zero-order valence-electron chi connectivity index (χ0n) is 13.4. The van der Waals surface area contributed by atoms with Crippen LogP contribution in [0, 0.1) is 0 Å². The highest BCUT2D eigenvalue weighted by Gasteiger charge is 2.20. The molecule has 0 spiro atoms. The molecule has 0 aliphatic carbocycles. The zero-order valence-corrected chi connectivity index (χ0v) is 15.0. The van der Waals surface area contributed by atoms with Gasteiger partial charge in [-0.05, 0) is 37.3 Å². The van der Waals surface area contributed by atoms with Gasteiger partial charge in [0.1, 0.15) is 5.76 Å². The second kappa shape index (κ2) is 7.83. The number of sulfonamides is 1. The second-order valence-electron chi connectivity index (χ2n) is 5.30. The van der Waals surface area contributed by atoms with Gasteiger partial charge in [0.2, 0.25) is 15.9 Å². The maximum absolute atomic E-state index is 12.2. The molecule has 24 heavy (non-hydrogen) atoms. The SMILES string of the molecule is CC(c1ccco1)N(C)C(=O)CCNS(=O)(=O)c1cccc(Cl)c1. The van der Waals surface area contributed by atoms with Gasteiger partial charge < -0.3 is 9.32 Å². The third-order valence-corrected chi connectivity index (χ3v) is 5.36. The van der Waals surface area contributed by atoms with Gasteiger partial charge in [0.25, 0.3) is 0 Å². The first-order valence-electron chi connectivity index (χ1n) is 7.35. The minimum Gasteiger partial charge on any atom is -0.467 e. The van der Waals surface area contributed by atoms with Crippen LogP contribution in [0.25, 0.3) is 0 Å². The summed E-state index contributed by atoms with van der Waals surface area (Å²) in [5.41, 5.74) is 0. The third kappa shape index (κ3) is 4.59.